The van der Waals surface area contributed by atoms with Crippen molar-refractivity contribution in [1.82, 2.24) is 10.6 Å². The molecule has 0 fully saturated rings. The zero-order valence-electron chi connectivity index (χ0n) is 16.1. The number of para-hydroxylation sites is 1. The number of amides is 2. The summed E-state index contributed by atoms with van der Waals surface area (Å²) in [5, 5.41) is 6.14. The molecule has 1 aliphatic heterocycles. The highest BCUT2D eigenvalue weighted by molar-refractivity contribution is 6.33. The smallest absolute Gasteiger partial charge is 0.253 e. The maximum absolute atomic E-state index is 12.7. The summed E-state index contributed by atoms with van der Waals surface area (Å²) in [7, 11) is 0. The van der Waals surface area contributed by atoms with Gasteiger partial charge < -0.3 is 15.4 Å². The van der Waals surface area contributed by atoms with E-state index in [9.17, 15) is 9.59 Å². The van der Waals surface area contributed by atoms with Gasteiger partial charge in [0.1, 0.15) is 11.8 Å². The van der Waals surface area contributed by atoms with E-state index in [0.29, 0.717) is 23.7 Å². The van der Waals surface area contributed by atoms with Crippen LogP contribution in [0, 0.1) is 11.8 Å². The Labute approximate surface area is 170 Å². The summed E-state index contributed by atoms with van der Waals surface area (Å²) >= 11 is 6.09. The van der Waals surface area contributed by atoms with Gasteiger partial charge >= 0.3 is 0 Å². The van der Waals surface area contributed by atoms with Crippen LogP contribution in [-0.2, 0) is 11.2 Å². The lowest BCUT2D eigenvalue weighted by Crippen LogP contribution is -2.51. The van der Waals surface area contributed by atoms with Crippen LogP contribution < -0.4 is 15.4 Å². The molecular formula is C22H25ClN2O3. The van der Waals surface area contributed by atoms with Crippen LogP contribution in [0.25, 0.3) is 0 Å². The predicted octanol–water partition coefficient (Wildman–Crippen LogP) is 3.46. The second kappa shape index (κ2) is 9.11. The molecule has 5 nitrogen and oxygen atoms in total. The van der Waals surface area contributed by atoms with Crippen molar-refractivity contribution in [3.63, 3.8) is 0 Å². The van der Waals surface area contributed by atoms with Gasteiger partial charge in [-0.2, -0.15) is 0 Å². The molecule has 148 valence electrons. The fourth-order valence-corrected chi connectivity index (χ4v) is 3.50. The van der Waals surface area contributed by atoms with Crippen LogP contribution in [-0.4, -0.2) is 31.0 Å². The molecule has 2 atom stereocenters. The molecule has 0 saturated carbocycles. The Kier molecular flexibility index (Phi) is 6.57. The minimum absolute atomic E-state index is 0.0604. The number of nitrogens with one attached hydrogen (secondary N) is 2. The molecule has 0 radical (unpaired) electrons. The van der Waals surface area contributed by atoms with Gasteiger partial charge in [0.05, 0.1) is 17.2 Å². The molecule has 1 heterocycles. The van der Waals surface area contributed by atoms with Crippen molar-refractivity contribution in [2.45, 2.75) is 26.3 Å². The average molecular weight is 401 g/mol. The van der Waals surface area contributed by atoms with Crippen LogP contribution in [0.4, 0.5) is 0 Å². The molecular weight excluding hydrogens is 376 g/mol. The summed E-state index contributed by atoms with van der Waals surface area (Å²) in [6, 6.07) is 14.1. The number of rotatable bonds is 6. The summed E-state index contributed by atoms with van der Waals surface area (Å²) < 4.78 is 5.78. The molecule has 2 aromatic rings. The number of hydrogen-bond acceptors (Lipinski definition) is 3. The molecule has 6 heteroatoms. The second-order valence-corrected chi connectivity index (χ2v) is 7.82. The average Bonchev–Trinajstić information content (AvgIpc) is 2.70. The first-order chi connectivity index (χ1) is 13.5. The third-order valence-electron chi connectivity index (χ3n) is 4.87. The number of carbonyl (C=O) groups excluding carboxylic acids is 2. The molecule has 2 amide bonds. The zero-order chi connectivity index (χ0) is 20.1. The van der Waals surface area contributed by atoms with Crippen LogP contribution in [0.3, 0.4) is 0 Å². The van der Waals surface area contributed by atoms with Gasteiger partial charge in [-0.05, 0) is 36.1 Å². The Morgan fingerprint density at radius 2 is 1.86 bits per heavy atom. The van der Waals surface area contributed by atoms with E-state index in [1.807, 2.05) is 38.1 Å². The summed E-state index contributed by atoms with van der Waals surface area (Å²) in [5.41, 5.74) is 1.51. The van der Waals surface area contributed by atoms with Crippen molar-refractivity contribution < 1.29 is 14.3 Å². The fourth-order valence-electron chi connectivity index (χ4n) is 3.28. The lowest BCUT2D eigenvalue weighted by Gasteiger charge is -2.27. The first-order valence-corrected chi connectivity index (χ1v) is 9.87. The van der Waals surface area contributed by atoms with Crippen molar-refractivity contribution in [3.8, 4) is 5.75 Å². The third-order valence-corrected chi connectivity index (χ3v) is 5.20. The Morgan fingerprint density at radius 3 is 2.61 bits per heavy atom. The van der Waals surface area contributed by atoms with E-state index >= 15 is 0 Å². The minimum Gasteiger partial charge on any atom is -0.493 e. The summed E-state index contributed by atoms with van der Waals surface area (Å²) in [5.74, 6) is 0.501. The first kappa shape index (κ1) is 20.2. The van der Waals surface area contributed by atoms with E-state index < -0.39 is 6.04 Å². The van der Waals surface area contributed by atoms with E-state index in [2.05, 4.69) is 10.6 Å². The quantitative estimate of drug-likeness (QED) is 0.780. The van der Waals surface area contributed by atoms with Gasteiger partial charge in [0.15, 0.2) is 0 Å². The molecule has 0 aliphatic carbocycles. The Hall–Kier alpha value is -2.53. The van der Waals surface area contributed by atoms with Gasteiger partial charge in [0.25, 0.3) is 5.91 Å². The Balaban J connectivity index is 1.58. The Morgan fingerprint density at radius 1 is 1.14 bits per heavy atom. The number of ether oxygens (including phenoxy) is 1. The van der Waals surface area contributed by atoms with E-state index in [4.69, 9.17) is 16.3 Å². The van der Waals surface area contributed by atoms with Gasteiger partial charge in [0, 0.05) is 12.5 Å². The topological polar surface area (TPSA) is 67.4 Å². The molecule has 0 aromatic heterocycles. The lowest BCUT2D eigenvalue weighted by atomic mass is 9.96. The SMILES string of the molecule is CC(C)C(NC(=O)c1ccccc1Cl)C(=O)NCC1COc2ccccc2C1. The number of hydrogen-bond donors (Lipinski definition) is 2. The maximum Gasteiger partial charge on any atom is 0.253 e. The third kappa shape index (κ3) is 4.84. The number of fused-ring (bicyclic) bond motifs is 1. The van der Waals surface area contributed by atoms with Gasteiger partial charge in [-0.15, -0.1) is 0 Å². The van der Waals surface area contributed by atoms with Crippen molar-refractivity contribution in [3.05, 3.63) is 64.7 Å². The molecule has 0 bridgehead atoms. The molecule has 0 spiro atoms. The van der Waals surface area contributed by atoms with E-state index in [-0.39, 0.29) is 23.7 Å². The summed E-state index contributed by atoms with van der Waals surface area (Å²) in [4.78, 5) is 25.3. The Bertz CT molecular complexity index is 853. The number of carbonyl (C=O) groups is 2. The standard InChI is InChI=1S/C22H25ClN2O3/c1-14(2)20(25-21(26)17-8-4-5-9-18(17)23)22(27)24-12-15-11-16-7-3-6-10-19(16)28-13-15/h3-10,14-15,20H,11-13H2,1-2H3,(H,24,27)(H,25,26). The maximum atomic E-state index is 12.7. The zero-order valence-corrected chi connectivity index (χ0v) is 16.8. The van der Waals surface area contributed by atoms with Gasteiger partial charge in [0.2, 0.25) is 5.91 Å². The predicted molar refractivity (Wildman–Crippen MR) is 110 cm³/mol. The molecule has 0 saturated heterocycles. The van der Waals surface area contributed by atoms with Gasteiger partial charge in [-0.3, -0.25) is 9.59 Å². The first-order valence-electron chi connectivity index (χ1n) is 9.49. The minimum atomic E-state index is -0.638. The monoisotopic (exact) mass is 400 g/mol. The summed E-state index contributed by atoms with van der Waals surface area (Å²) in [6.45, 7) is 4.86. The normalized spacial score (nSPS) is 16.6. The van der Waals surface area contributed by atoms with Crippen molar-refractivity contribution >= 4 is 23.4 Å². The lowest BCUT2D eigenvalue weighted by molar-refractivity contribution is -0.124. The van der Waals surface area contributed by atoms with Crippen LogP contribution in [0.5, 0.6) is 5.75 Å². The molecule has 1 aliphatic rings. The second-order valence-electron chi connectivity index (χ2n) is 7.41. The molecule has 2 aromatic carbocycles. The molecule has 28 heavy (non-hydrogen) atoms. The van der Waals surface area contributed by atoms with Gasteiger partial charge in [-0.25, -0.2) is 0 Å². The van der Waals surface area contributed by atoms with Crippen LogP contribution >= 0.6 is 11.6 Å². The highest BCUT2D eigenvalue weighted by Gasteiger charge is 2.27. The van der Waals surface area contributed by atoms with Crippen LogP contribution in [0.1, 0.15) is 29.8 Å². The van der Waals surface area contributed by atoms with Crippen molar-refractivity contribution in [2.75, 3.05) is 13.2 Å². The van der Waals surface area contributed by atoms with Crippen molar-refractivity contribution in [2.24, 2.45) is 11.8 Å². The number of benzene rings is 2. The van der Waals surface area contributed by atoms with Crippen LogP contribution in [0.15, 0.2) is 48.5 Å². The highest BCUT2D eigenvalue weighted by atomic mass is 35.5. The van der Waals surface area contributed by atoms with E-state index in [1.165, 1.54) is 0 Å². The fraction of sp³-hybridized carbons (Fsp3) is 0.364. The van der Waals surface area contributed by atoms with Crippen LogP contribution in [0.2, 0.25) is 5.02 Å². The molecule has 2 unspecified atom stereocenters. The molecule has 2 N–H and O–H groups in total. The van der Waals surface area contributed by atoms with Crippen molar-refractivity contribution in [1.29, 1.82) is 0 Å². The number of halogens is 1. The highest BCUT2D eigenvalue weighted by Crippen LogP contribution is 2.26. The van der Waals surface area contributed by atoms with Gasteiger partial charge in [-0.1, -0.05) is 55.8 Å². The van der Waals surface area contributed by atoms with E-state index in [0.717, 1.165) is 17.7 Å². The summed E-state index contributed by atoms with van der Waals surface area (Å²) in [6.07, 6.45) is 0.856. The molecule has 3 rings (SSSR count). The largest absolute Gasteiger partial charge is 0.493 e. The van der Waals surface area contributed by atoms with E-state index in [1.54, 1.807) is 24.3 Å².